The highest BCUT2D eigenvalue weighted by molar-refractivity contribution is 8.00. The molecule has 0 radical (unpaired) electrons. The zero-order chi connectivity index (χ0) is 14.5. The van der Waals surface area contributed by atoms with Crippen molar-refractivity contribution in [2.24, 2.45) is 0 Å². The molecule has 20 heavy (non-hydrogen) atoms. The number of rotatable bonds is 5. The molecule has 0 bridgehead atoms. The van der Waals surface area contributed by atoms with Gasteiger partial charge < -0.3 is 10.4 Å². The number of halogens is 1. The molecule has 2 rings (SSSR count). The molecular weight excluding hydrogens is 301 g/mol. The monoisotopic (exact) mass is 315 g/mol. The number of carbonyl (C=O) groups excluding carboxylic acids is 1. The van der Waals surface area contributed by atoms with Crippen LogP contribution < -0.4 is 5.32 Å². The number of thioether (sulfide) groups is 2. The van der Waals surface area contributed by atoms with E-state index in [0.29, 0.717) is 4.90 Å². The molecule has 1 aliphatic heterocycles. The average molecular weight is 315 g/mol. The van der Waals surface area contributed by atoms with Crippen LogP contribution in [0.3, 0.4) is 0 Å². The normalized spacial score (nSPS) is 17.4. The van der Waals surface area contributed by atoms with Crippen molar-refractivity contribution in [3.05, 3.63) is 29.6 Å². The van der Waals surface area contributed by atoms with E-state index < -0.39 is 5.97 Å². The molecule has 0 spiro atoms. The highest BCUT2D eigenvalue weighted by Gasteiger charge is 2.24. The predicted molar refractivity (Wildman–Crippen MR) is 77.6 cm³/mol. The third-order valence-corrected chi connectivity index (χ3v) is 4.90. The molecule has 1 amide bonds. The van der Waals surface area contributed by atoms with Crippen LogP contribution in [-0.2, 0) is 9.59 Å². The van der Waals surface area contributed by atoms with Crippen LogP contribution in [0.5, 0.6) is 0 Å². The molecule has 1 unspecified atom stereocenters. The molecule has 1 heterocycles. The van der Waals surface area contributed by atoms with Crippen LogP contribution in [0.25, 0.3) is 0 Å². The molecule has 0 saturated carbocycles. The molecule has 4 nitrogen and oxygen atoms in total. The summed E-state index contributed by atoms with van der Waals surface area (Å²) in [4.78, 5) is 22.7. The Morgan fingerprint density at radius 3 is 3.00 bits per heavy atom. The van der Waals surface area contributed by atoms with Crippen molar-refractivity contribution in [2.75, 3.05) is 17.3 Å². The summed E-state index contributed by atoms with van der Waals surface area (Å²) in [5.74, 6) is -0.666. The third-order valence-electron chi connectivity index (χ3n) is 2.82. The van der Waals surface area contributed by atoms with E-state index in [4.69, 9.17) is 5.11 Å². The first-order valence-electron chi connectivity index (χ1n) is 6.08. The van der Waals surface area contributed by atoms with E-state index in [0.717, 1.165) is 29.5 Å². The number of carbonyl (C=O) groups is 2. The largest absolute Gasteiger partial charge is 0.481 e. The molecule has 2 N–H and O–H groups in total. The maximum Gasteiger partial charge on any atom is 0.313 e. The first-order chi connectivity index (χ1) is 9.58. The van der Waals surface area contributed by atoms with Gasteiger partial charge in [0.1, 0.15) is 5.82 Å². The van der Waals surface area contributed by atoms with E-state index in [9.17, 15) is 14.0 Å². The molecule has 108 valence electrons. The quantitative estimate of drug-likeness (QED) is 0.873. The fraction of sp³-hybridized carbons (Fsp3) is 0.385. The molecule has 0 saturated heterocycles. The Labute approximate surface area is 124 Å². The summed E-state index contributed by atoms with van der Waals surface area (Å²) >= 11 is 2.51. The summed E-state index contributed by atoms with van der Waals surface area (Å²) in [6, 6.07) is 4.68. The molecule has 1 aliphatic rings. The van der Waals surface area contributed by atoms with Crippen molar-refractivity contribution in [1.29, 1.82) is 0 Å². The Morgan fingerprint density at radius 2 is 2.25 bits per heavy atom. The SMILES string of the molecule is O=C(O)CSCC(=O)NC1CCSc2c(F)cccc21. The molecule has 1 aromatic rings. The fourth-order valence-electron chi connectivity index (χ4n) is 2.00. The standard InChI is InChI=1S/C13H14FNO3S2/c14-9-3-1-2-8-10(4-5-20-13(8)9)15-11(16)6-19-7-12(17)18/h1-3,10H,4-7H2,(H,15,16)(H,17,18). The van der Waals surface area contributed by atoms with Crippen LogP contribution in [0.2, 0.25) is 0 Å². The van der Waals surface area contributed by atoms with Gasteiger partial charge in [-0.2, -0.15) is 0 Å². The van der Waals surface area contributed by atoms with Gasteiger partial charge in [0.2, 0.25) is 5.91 Å². The number of hydrogen-bond donors (Lipinski definition) is 2. The first-order valence-corrected chi connectivity index (χ1v) is 8.22. The van der Waals surface area contributed by atoms with Gasteiger partial charge in [-0.05, 0) is 18.1 Å². The fourth-order valence-corrected chi connectivity index (χ4v) is 3.69. The van der Waals surface area contributed by atoms with Gasteiger partial charge in [0.25, 0.3) is 0 Å². The van der Waals surface area contributed by atoms with E-state index in [-0.39, 0.29) is 29.3 Å². The smallest absolute Gasteiger partial charge is 0.313 e. The number of carboxylic acids is 1. The summed E-state index contributed by atoms with van der Waals surface area (Å²) < 4.78 is 13.7. The van der Waals surface area contributed by atoms with Gasteiger partial charge in [-0.3, -0.25) is 9.59 Å². The zero-order valence-electron chi connectivity index (χ0n) is 10.6. The highest BCUT2D eigenvalue weighted by atomic mass is 32.2. The van der Waals surface area contributed by atoms with E-state index in [1.54, 1.807) is 6.07 Å². The van der Waals surface area contributed by atoms with Crippen LogP contribution >= 0.6 is 23.5 Å². The van der Waals surface area contributed by atoms with Gasteiger partial charge in [-0.1, -0.05) is 12.1 Å². The van der Waals surface area contributed by atoms with Gasteiger partial charge in [-0.15, -0.1) is 23.5 Å². The first kappa shape index (κ1) is 15.2. The molecule has 1 atom stereocenters. The predicted octanol–water partition coefficient (Wildman–Crippen LogP) is 2.30. The summed E-state index contributed by atoms with van der Waals surface area (Å²) in [5.41, 5.74) is 0.804. The zero-order valence-corrected chi connectivity index (χ0v) is 12.2. The lowest BCUT2D eigenvalue weighted by Gasteiger charge is -2.26. The van der Waals surface area contributed by atoms with Crippen LogP contribution in [-0.4, -0.2) is 34.2 Å². The lowest BCUT2D eigenvalue weighted by Crippen LogP contribution is -2.32. The topological polar surface area (TPSA) is 66.4 Å². The van der Waals surface area contributed by atoms with Crippen molar-refractivity contribution in [3.63, 3.8) is 0 Å². The van der Waals surface area contributed by atoms with E-state index in [1.165, 1.54) is 17.8 Å². The van der Waals surface area contributed by atoms with E-state index in [2.05, 4.69) is 5.32 Å². The van der Waals surface area contributed by atoms with E-state index >= 15 is 0 Å². The van der Waals surface area contributed by atoms with Gasteiger partial charge in [0.05, 0.1) is 17.5 Å². The minimum Gasteiger partial charge on any atom is -0.481 e. The van der Waals surface area contributed by atoms with Gasteiger partial charge in [0.15, 0.2) is 0 Å². The van der Waals surface area contributed by atoms with Crippen LogP contribution in [0, 0.1) is 5.82 Å². The maximum atomic E-state index is 13.7. The Hall–Kier alpha value is -1.21. The van der Waals surface area contributed by atoms with Crippen molar-refractivity contribution in [2.45, 2.75) is 17.4 Å². The summed E-state index contributed by atoms with van der Waals surface area (Å²) in [5, 5.41) is 11.4. The number of carboxylic acid groups (broad SMARTS) is 1. The maximum absolute atomic E-state index is 13.7. The number of fused-ring (bicyclic) bond motifs is 1. The van der Waals surface area contributed by atoms with Gasteiger partial charge in [0, 0.05) is 10.6 Å². The van der Waals surface area contributed by atoms with Crippen molar-refractivity contribution >= 4 is 35.4 Å². The minimum absolute atomic E-state index is 0.0978. The Morgan fingerprint density at radius 1 is 1.45 bits per heavy atom. The molecular formula is C13H14FNO3S2. The van der Waals surface area contributed by atoms with Gasteiger partial charge >= 0.3 is 5.97 Å². The molecule has 0 aliphatic carbocycles. The second-order valence-corrected chi connectivity index (χ2v) is 6.39. The third kappa shape index (κ3) is 3.89. The average Bonchev–Trinajstić information content (AvgIpc) is 2.39. The van der Waals surface area contributed by atoms with Crippen molar-refractivity contribution < 1.29 is 19.1 Å². The molecule has 7 heteroatoms. The Balaban J connectivity index is 1.96. The number of benzene rings is 1. The molecule has 0 fully saturated rings. The minimum atomic E-state index is -0.940. The van der Waals surface area contributed by atoms with Crippen molar-refractivity contribution in [1.82, 2.24) is 5.32 Å². The Bertz CT molecular complexity index is 524. The van der Waals surface area contributed by atoms with Crippen LogP contribution in [0.4, 0.5) is 4.39 Å². The molecule has 0 aromatic heterocycles. The number of amides is 1. The number of aliphatic carboxylic acids is 1. The number of hydrogen-bond acceptors (Lipinski definition) is 4. The summed E-state index contributed by atoms with van der Waals surface area (Å²) in [6.07, 6.45) is 0.746. The second-order valence-electron chi connectivity index (χ2n) is 4.30. The van der Waals surface area contributed by atoms with Crippen molar-refractivity contribution in [3.8, 4) is 0 Å². The molecule has 1 aromatic carbocycles. The van der Waals surface area contributed by atoms with Crippen LogP contribution in [0.15, 0.2) is 23.1 Å². The summed E-state index contributed by atoms with van der Waals surface area (Å²) in [6.45, 7) is 0. The van der Waals surface area contributed by atoms with Gasteiger partial charge in [-0.25, -0.2) is 4.39 Å². The lowest BCUT2D eigenvalue weighted by atomic mass is 10.0. The summed E-state index contributed by atoms with van der Waals surface area (Å²) in [7, 11) is 0. The number of nitrogens with one attached hydrogen (secondary N) is 1. The Kier molecular flexibility index (Phi) is 5.31. The van der Waals surface area contributed by atoms with Crippen LogP contribution in [0.1, 0.15) is 18.0 Å². The highest BCUT2D eigenvalue weighted by Crippen LogP contribution is 2.37. The lowest BCUT2D eigenvalue weighted by molar-refractivity contribution is -0.133. The second kappa shape index (κ2) is 6.99. The van der Waals surface area contributed by atoms with E-state index in [1.807, 2.05) is 6.07 Å².